The Morgan fingerprint density at radius 1 is 1.35 bits per heavy atom. The Morgan fingerprint density at radius 3 is 2.59 bits per heavy atom. The van der Waals surface area contributed by atoms with Gasteiger partial charge in [-0.1, -0.05) is 6.07 Å². The van der Waals surface area contributed by atoms with Gasteiger partial charge in [-0.25, -0.2) is 4.39 Å². The predicted octanol–water partition coefficient (Wildman–Crippen LogP) is 2.05. The SMILES string of the molecule is COCc1c(OC)ccc(CC2(O)CC2)c1F. The van der Waals surface area contributed by atoms with E-state index in [1.165, 1.54) is 14.2 Å². The van der Waals surface area contributed by atoms with Gasteiger partial charge in [-0.05, 0) is 24.5 Å². The van der Waals surface area contributed by atoms with Crippen molar-refractivity contribution in [2.24, 2.45) is 0 Å². The summed E-state index contributed by atoms with van der Waals surface area (Å²) in [5.74, 6) is 0.155. The van der Waals surface area contributed by atoms with E-state index < -0.39 is 5.60 Å². The monoisotopic (exact) mass is 240 g/mol. The smallest absolute Gasteiger partial charge is 0.135 e. The standard InChI is InChI=1S/C13H17FO3/c1-16-8-10-11(17-2)4-3-9(12(10)14)7-13(15)5-6-13/h3-4,15H,5-8H2,1-2H3. The second kappa shape index (κ2) is 4.63. The van der Waals surface area contributed by atoms with Gasteiger partial charge in [0.2, 0.25) is 0 Å². The minimum atomic E-state index is -0.695. The Bertz CT molecular complexity index is 413. The van der Waals surface area contributed by atoms with Crippen molar-refractivity contribution in [1.82, 2.24) is 0 Å². The number of hydrogen-bond acceptors (Lipinski definition) is 3. The van der Waals surface area contributed by atoms with Gasteiger partial charge >= 0.3 is 0 Å². The molecule has 1 fully saturated rings. The fourth-order valence-corrected chi connectivity index (χ4v) is 1.93. The summed E-state index contributed by atoms with van der Waals surface area (Å²) < 4.78 is 24.3. The minimum Gasteiger partial charge on any atom is -0.496 e. The molecule has 0 atom stereocenters. The van der Waals surface area contributed by atoms with Crippen molar-refractivity contribution in [3.63, 3.8) is 0 Å². The van der Waals surface area contributed by atoms with Crippen molar-refractivity contribution in [3.05, 3.63) is 29.1 Å². The van der Waals surface area contributed by atoms with E-state index in [0.29, 0.717) is 23.3 Å². The van der Waals surface area contributed by atoms with Crippen LogP contribution in [0.4, 0.5) is 4.39 Å². The zero-order chi connectivity index (χ0) is 12.5. The molecular weight excluding hydrogens is 223 g/mol. The summed E-state index contributed by atoms with van der Waals surface area (Å²) in [5, 5.41) is 9.82. The molecule has 3 nitrogen and oxygen atoms in total. The summed E-state index contributed by atoms with van der Waals surface area (Å²) in [6, 6.07) is 3.39. The van der Waals surface area contributed by atoms with Crippen LogP contribution in [0.25, 0.3) is 0 Å². The predicted molar refractivity (Wildman–Crippen MR) is 61.6 cm³/mol. The number of methoxy groups -OCH3 is 2. The molecule has 0 saturated heterocycles. The molecule has 1 aliphatic carbocycles. The average Bonchev–Trinajstić information content (AvgIpc) is 3.03. The highest BCUT2D eigenvalue weighted by molar-refractivity contribution is 5.39. The van der Waals surface area contributed by atoms with Crippen LogP contribution in [0.1, 0.15) is 24.0 Å². The van der Waals surface area contributed by atoms with Crippen LogP contribution in [0.3, 0.4) is 0 Å². The number of rotatable bonds is 5. The summed E-state index contributed by atoms with van der Waals surface area (Å²) in [6.07, 6.45) is 1.86. The first-order valence-corrected chi connectivity index (χ1v) is 5.65. The Morgan fingerprint density at radius 2 is 2.06 bits per heavy atom. The number of halogens is 1. The molecule has 0 unspecified atom stereocenters. The first kappa shape index (κ1) is 12.3. The normalized spacial score (nSPS) is 16.9. The van der Waals surface area contributed by atoms with Gasteiger partial charge in [-0.2, -0.15) is 0 Å². The lowest BCUT2D eigenvalue weighted by atomic mass is 10.0. The summed E-state index contributed by atoms with van der Waals surface area (Å²) in [4.78, 5) is 0. The molecule has 0 spiro atoms. The summed E-state index contributed by atoms with van der Waals surface area (Å²) in [7, 11) is 3.02. The van der Waals surface area contributed by atoms with E-state index in [9.17, 15) is 9.50 Å². The molecule has 1 aromatic carbocycles. The Balaban J connectivity index is 2.30. The lowest BCUT2D eigenvalue weighted by Crippen LogP contribution is -2.13. The third-order valence-corrected chi connectivity index (χ3v) is 3.14. The lowest BCUT2D eigenvalue weighted by molar-refractivity contribution is 0.148. The van der Waals surface area contributed by atoms with Crippen molar-refractivity contribution in [3.8, 4) is 5.75 Å². The molecule has 4 heteroatoms. The molecule has 1 aromatic rings. The molecule has 0 aliphatic heterocycles. The molecule has 1 N–H and O–H groups in total. The van der Waals surface area contributed by atoms with Gasteiger partial charge in [0, 0.05) is 13.5 Å². The highest BCUT2D eigenvalue weighted by Crippen LogP contribution is 2.39. The second-order valence-electron chi connectivity index (χ2n) is 4.55. The molecule has 0 amide bonds. The zero-order valence-electron chi connectivity index (χ0n) is 10.1. The van der Waals surface area contributed by atoms with Gasteiger partial charge in [0.1, 0.15) is 11.6 Å². The molecule has 0 aromatic heterocycles. The van der Waals surface area contributed by atoms with Crippen LogP contribution in [0.15, 0.2) is 12.1 Å². The molecule has 94 valence electrons. The van der Waals surface area contributed by atoms with E-state index in [4.69, 9.17) is 9.47 Å². The van der Waals surface area contributed by atoms with E-state index in [2.05, 4.69) is 0 Å². The van der Waals surface area contributed by atoms with Crippen molar-refractivity contribution in [2.75, 3.05) is 14.2 Å². The van der Waals surface area contributed by atoms with Crippen LogP contribution in [-0.4, -0.2) is 24.9 Å². The molecular formula is C13H17FO3. The molecule has 17 heavy (non-hydrogen) atoms. The van der Waals surface area contributed by atoms with Crippen LogP contribution in [0, 0.1) is 5.82 Å². The van der Waals surface area contributed by atoms with Crippen molar-refractivity contribution in [2.45, 2.75) is 31.5 Å². The second-order valence-corrected chi connectivity index (χ2v) is 4.55. The molecule has 0 radical (unpaired) electrons. The van der Waals surface area contributed by atoms with E-state index >= 15 is 0 Å². The lowest BCUT2D eigenvalue weighted by Gasteiger charge is -2.14. The zero-order valence-corrected chi connectivity index (χ0v) is 10.1. The van der Waals surface area contributed by atoms with Gasteiger partial charge in [-0.3, -0.25) is 0 Å². The maximum absolute atomic E-state index is 14.2. The number of benzene rings is 1. The molecule has 1 aliphatic rings. The Kier molecular flexibility index (Phi) is 3.35. The van der Waals surface area contributed by atoms with Crippen molar-refractivity contribution >= 4 is 0 Å². The van der Waals surface area contributed by atoms with E-state index in [-0.39, 0.29) is 12.4 Å². The highest BCUT2D eigenvalue weighted by Gasteiger charge is 2.41. The topological polar surface area (TPSA) is 38.7 Å². The van der Waals surface area contributed by atoms with Crippen molar-refractivity contribution in [1.29, 1.82) is 0 Å². The third kappa shape index (κ3) is 2.58. The van der Waals surface area contributed by atoms with E-state index in [1.807, 2.05) is 0 Å². The van der Waals surface area contributed by atoms with Gasteiger partial charge in [0.25, 0.3) is 0 Å². The van der Waals surface area contributed by atoms with E-state index in [1.54, 1.807) is 12.1 Å². The average molecular weight is 240 g/mol. The van der Waals surface area contributed by atoms with Crippen LogP contribution in [-0.2, 0) is 17.8 Å². The minimum absolute atomic E-state index is 0.168. The van der Waals surface area contributed by atoms with Gasteiger partial charge in [-0.15, -0.1) is 0 Å². The quantitative estimate of drug-likeness (QED) is 0.856. The van der Waals surface area contributed by atoms with Crippen LogP contribution in [0.5, 0.6) is 5.75 Å². The maximum atomic E-state index is 14.2. The Hall–Kier alpha value is -1.13. The summed E-state index contributed by atoms with van der Waals surface area (Å²) in [6.45, 7) is 0.168. The number of ether oxygens (including phenoxy) is 2. The number of hydrogen-bond donors (Lipinski definition) is 1. The fourth-order valence-electron chi connectivity index (χ4n) is 1.93. The third-order valence-electron chi connectivity index (χ3n) is 3.14. The maximum Gasteiger partial charge on any atom is 0.135 e. The van der Waals surface area contributed by atoms with Gasteiger partial charge in [0.05, 0.1) is 24.9 Å². The van der Waals surface area contributed by atoms with Crippen LogP contribution < -0.4 is 4.74 Å². The molecule has 1 saturated carbocycles. The van der Waals surface area contributed by atoms with Gasteiger partial charge < -0.3 is 14.6 Å². The first-order chi connectivity index (χ1) is 8.09. The van der Waals surface area contributed by atoms with Crippen LogP contribution in [0.2, 0.25) is 0 Å². The largest absolute Gasteiger partial charge is 0.496 e. The van der Waals surface area contributed by atoms with E-state index in [0.717, 1.165) is 12.8 Å². The Labute approximate surface area is 100 Å². The molecule has 0 bridgehead atoms. The fraction of sp³-hybridized carbons (Fsp3) is 0.538. The van der Waals surface area contributed by atoms with Crippen molar-refractivity contribution < 1.29 is 19.0 Å². The summed E-state index contributed by atoms with van der Waals surface area (Å²) >= 11 is 0. The summed E-state index contributed by atoms with van der Waals surface area (Å²) in [5.41, 5.74) is 0.245. The molecule has 2 rings (SSSR count). The van der Waals surface area contributed by atoms with Crippen LogP contribution >= 0.6 is 0 Å². The molecule has 0 heterocycles. The number of aliphatic hydroxyl groups is 1. The highest BCUT2D eigenvalue weighted by atomic mass is 19.1. The van der Waals surface area contributed by atoms with Gasteiger partial charge in [0.15, 0.2) is 0 Å². The first-order valence-electron chi connectivity index (χ1n) is 5.65.